The van der Waals surface area contributed by atoms with Crippen molar-refractivity contribution in [2.24, 2.45) is 0 Å². The first-order valence-electron chi connectivity index (χ1n) is 5.10. The number of fused-ring (bicyclic) bond motifs is 1. The van der Waals surface area contributed by atoms with Gasteiger partial charge in [0, 0.05) is 4.88 Å². The van der Waals surface area contributed by atoms with E-state index in [0.717, 1.165) is 22.6 Å². The average Bonchev–Trinajstić information content (AvgIpc) is 2.95. The quantitative estimate of drug-likeness (QED) is 0.761. The Morgan fingerprint density at radius 3 is 2.94 bits per heavy atom. The van der Waals surface area contributed by atoms with Crippen LogP contribution in [0.4, 0.5) is 11.8 Å². The second kappa shape index (κ2) is 4.31. The number of nitrogens with zero attached hydrogens (tertiary/aromatic N) is 2. The maximum Gasteiger partial charge on any atom is 0.223 e. The molecule has 0 radical (unpaired) electrons. The van der Waals surface area contributed by atoms with Crippen molar-refractivity contribution in [3.05, 3.63) is 33.8 Å². The van der Waals surface area contributed by atoms with Crippen molar-refractivity contribution < 1.29 is 0 Å². The van der Waals surface area contributed by atoms with Gasteiger partial charge in [0.1, 0.15) is 10.6 Å². The number of hydrogen-bond donors (Lipinski definition) is 2. The highest BCUT2D eigenvalue weighted by atomic mass is 32.1. The van der Waals surface area contributed by atoms with Crippen molar-refractivity contribution in [2.45, 2.75) is 6.54 Å². The fourth-order valence-electron chi connectivity index (χ4n) is 1.59. The summed E-state index contributed by atoms with van der Waals surface area (Å²) < 4.78 is 0. The molecule has 3 aromatic rings. The molecule has 0 bridgehead atoms. The van der Waals surface area contributed by atoms with E-state index >= 15 is 0 Å². The summed E-state index contributed by atoms with van der Waals surface area (Å²) in [5, 5.41) is 8.39. The Hall–Kier alpha value is -1.66. The average molecular weight is 262 g/mol. The van der Waals surface area contributed by atoms with Crippen molar-refractivity contribution in [1.82, 2.24) is 9.97 Å². The van der Waals surface area contributed by atoms with Crippen LogP contribution in [0.2, 0.25) is 0 Å². The zero-order valence-electron chi connectivity index (χ0n) is 8.88. The Labute approximate surface area is 106 Å². The molecule has 0 saturated carbocycles. The van der Waals surface area contributed by atoms with Gasteiger partial charge in [-0.25, -0.2) is 4.98 Å². The number of nitrogen functional groups attached to an aromatic ring is 1. The van der Waals surface area contributed by atoms with Crippen LogP contribution in [0.25, 0.3) is 10.2 Å². The first kappa shape index (κ1) is 10.5. The normalized spacial score (nSPS) is 10.8. The third-order valence-corrected chi connectivity index (χ3v) is 4.04. The molecule has 0 atom stereocenters. The molecule has 0 aliphatic heterocycles. The molecule has 3 aromatic heterocycles. The van der Waals surface area contributed by atoms with Crippen LogP contribution >= 0.6 is 22.7 Å². The summed E-state index contributed by atoms with van der Waals surface area (Å²) in [7, 11) is 0. The summed E-state index contributed by atoms with van der Waals surface area (Å²) in [5.74, 6) is 1.12. The summed E-state index contributed by atoms with van der Waals surface area (Å²) in [4.78, 5) is 10.6. The van der Waals surface area contributed by atoms with E-state index in [1.165, 1.54) is 4.88 Å². The van der Waals surface area contributed by atoms with Crippen LogP contribution in [-0.2, 0) is 6.54 Å². The van der Waals surface area contributed by atoms with E-state index in [-0.39, 0.29) is 0 Å². The fraction of sp³-hybridized carbons (Fsp3) is 0.0909. The van der Waals surface area contributed by atoms with Crippen LogP contribution in [0.5, 0.6) is 0 Å². The second-order valence-electron chi connectivity index (χ2n) is 3.50. The lowest BCUT2D eigenvalue weighted by molar-refractivity contribution is 1.14. The first-order valence-corrected chi connectivity index (χ1v) is 6.86. The standard InChI is InChI=1S/C11H10N4S2/c12-11-14-9(8-3-5-17-10(8)15-11)13-6-7-2-1-4-16-7/h1-5H,6H2,(H3,12,13,14,15). The number of aromatic nitrogens is 2. The van der Waals surface area contributed by atoms with Gasteiger partial charge < -0.3 is 11.1 Å². The second-order valence-corrected chi connectivity index (χ2v) is 5.43. The van der Waals surface area contributed by atoms with Gasteiger partial charge in [0.05, 0.1) is 11.9 Å². The number of nitrogens with two attached hydrogens (primary N) is 1. The molecule has 3 heterocycles. The summed E-state index contributed by atoms with van der Waals surface area (Å²) in [6.45, 7) is 0.763. The van der Waals surface area contributed by atoms with Gasteiger partial charge in [-0.2, -0.15) is 4.98 Å². The van der Waals surface area contributed by atoms with Gasteiger partial charge in [-0.05, 0) is 22.9 Å². The molecule has 3 N–H and O–H groups in total. The van der Waals surface area contributed by atoms with Crippen molar-refractivity contribution in [2.75, 3.05) is 11.1 Å². The number of nitrogens with one attached hydrogen (secondary N) is 1. The lowest BCUT2D eigenvalue weighted by atomic mass is 10.3. The minimum absolute atomic E-state index is 0.314. The Bertz CT molecular complexity index is 630. The van der Waals surface area contributed by atoms with Crippen LogP contribution in [-0.4, -0.2) is 9.97 Å². The number of rotatable bonds is 3. The SMILES string of the molecule is Nc1nc(NCc2cccs2)c2ccsc2n1. The minimum Gasteiger partial charge on any atom is -0.368 e. The fourth-order valence-corrected chi connectivity index (χ4v) is 3.01. The van der Waals surface area contributed by atoms with Crippen LogP contribution in [0.1, 0.15) is 4.88 Å². The predicted octanol–water partition coefficient (Wildman–Crippen LogP) is 2.95. The summed E-state index contributed by atoms with van der Waals surface area (Å²) >= 11 is 3.29. The molecule has 17 heavy (non-hydrogen) atoms. The molecule has 4 nitrogen and oxygen atoms in total. The van der Waals surface area contributed by atoms with E-state index < -0.39 is 0 Å². The molecule has 0 aliphatic carbocycles. The minimum atomic E-state index is 0.314. The highest BCUT2D eigenvalue weighted by Crippen LogP contribution is 2.26. The highest BCUT2D eigenvalue weighted by Gasteiger charge is 2.06. The molecular weight excluding hydrogens is 252 g/mol. The Kier molecular flexibility index (Phi) is 2.66. The first-order chi connectivity index (χ1) is 8.33. The number of anilines is 2. The zero-order valence-corrected chi connectivity index (χ0v) is 10.5. The van der Waals surface area contributed by atoms with E-state index in [2.05, 4.69) is 26.7 Å². The molecule has 0 spiro atoms. The van der Waals surface area contributed by atoms with Gasteiger partial charge in [0.25, 0.3) is 0 Å². The monoisotopic (exact) mass is 262 g/mol. The van der Waals surface area contributed by atoms with Crippen LogP contribution in [0.15, 0.2) is 29.0 Å². The van der Waals surface area contributed by atoms with Crippen LogP contribution in [0.3, 0.4) is 0 Å². The summed E-state index contributed by atoms with van der Waals surface area (Å²) in [6, 6.07) is 6.14. The van der Waals surface area contributed by atoms with Gasteiger partial charge in [0.15, 0.2) is 0 Å². The molecule has 0 amide bonds. The van der Waals surface area contributed by atoms with E-state index in [9.17, 15) is 0 Å². The Morgan fingerprint density at radius 1 is 1.18 bits per heavy atom. The van der Waals surface area contributed by atoms with Crippen LogP contribution in [0, 0.1) is 0 Å². The maximum absolute atomic E-state index is 5.68. The summed E-state index contributed by atoms with van der Waals surface area (Å²) in [5.41, 5.74) is 5.68. The van der Waals surface area contributed by atoms with Gasteiger partial charge in [-0.15, -0.1) is 22.7 Å². The van der Waals surface area contributed by atoms with Crippen molar-refractivity contribution in [3.8, 4) is 0 Å². The van der Waals surface area contributed by atoms with Crippen molar-refractivity contribution >= 4 is 44.7 Å². The molecule has 3 rings (SSSR count). The summed E-state index contributed by atoms with van der Waals surface area (Å²) in [6.07, 6.45) is 0. The van der Waals surface area contributed by atoms with Gasteiger partial charge in [0.2, 0.25) is 5.95 Å². The topological polar surface area (TPSA) is 63.8 Å². The zero-order chi connectivity index (χ0) is 11.7. The molecule has 0 fully saturated rings. The molecule has 0 saturated heterocycles. The van der Waals surface area contributed by atoms with Crippen molar-refractivity contribution in [3.63, 3.8) is 0 Å². The van der Waals surface area contributed by atoms with Gasteiger partial charge >= 0.3 is 0 Å². The van der Waals surface area contributed by atoms with Gasteiger partial charge in [-0.1, -0.05) is 6.07 Å². The van der Waals surface area contributed by atoms with E-state index in [1.807, 2.05) is 17.5 Å². The molecule has 0 aliphatic rings. The number of hydrogen-bond acceptors (Lipinski definition) is 6. The largest absolute Gasteiger partial charge is 0.368 e. The Balaban J connectivity index is 1.91. The van der Waals surface area contributed by atoms with Crippen molar-refractivity contribution in [1.29, 1.82) is 0 Å². The van der Waals surface area contributed by atoms with Gasteiger partial charge in [-0.3, -0.25) is 0 Å². The third kappa shape index (κ3) is 2.09. The highest BCUT2D eigenvalue weighted by molar-refractivity contribution is 7.16. The Morgan fingerprint density at radius 2 is 2.12 bits per heavy atom. The number of thiophene rings is 2. The lowest BCUT2D eigenvalue weighted by Crippen LogP contribution is -2.03. The predicted molar refractivity (Wildman–Crippen MR) is 73.5 cm³/mol. The molecule has 86 valence electrons. The maximum atomic E-state index is 5.68. The smallest absolute Gasteiger partial charge is 0.223 e. The van der Waals surface area contributed by atoms with Crippen LogP contribution < -0.4 is 11.1 Å². The molecule has 6 heteroatoms. The van der Waals surface area contributed by atoms with E-state index in [1.54, 1.807) is 22.7 Å². The third-order valence-electron chi connectivity index (χ3n) is 2.35. The molecule has 0 unspecified atom stereocenters. The van der Waals surface area contributed by atoms with E-state index in [4.69, 9.17) is 5.73 Å². The lowest BCUT2D eigenvalue weighted by Gasteiger charge is -2.05. The molecule has 0 aromatic carbocycles. The molecular formula is C11H10N4S2. The van der Waals surface area contributed by atoms with E-state index in [0.29, 0.717) is 5.95 Å².